The number of fused-ring (bicyclic) bond motifs is 2. The molecule has 2 bridgehead atoms. The summed E-state index contributed by atoms with van der Waals surface area (Å²) in [6.07, 6.45) is 0. The smallest absolute Gasteiger partial charge is 0.339 e. The molecule has 0 saturated carbocycles. The first-order valence-corrected chi connectivity index (χ1v) is 11.5. The fraction of sp³-hybridized carbons (Fsp3) is 0.667. The van der Waals surface area contributed by atoms with Crippen LogP contribution >= 0.6 is 0 Å². The maximum atomic E-state index is 12.5. The molecule has 1 heterocycles. The quantitative estimate of drug-likeness (QED) is 0.548. The molecule has 198 valence electrons. The van der Waals surface area contributed by atoms with Crippen molar-refractivity contribution in [3.8, 4) is 0 Å². The average molecular weight is 501 g/mol. The number of hydrogen-bond donors (Lipinski definition) is 0. The number of methoxy groups -OCH3 is 2. The van der Waals surface area contributed by atoms with Crippen LogP contribution in [0.2, 0.25) is 0 Å². The van der Waals surface area contributed by atoms with E-state index >= 15 is 0 Å². The van der Waals surface area contributed by atoms with Gasteiger partial charge in [0.2, 0.25) is 0 Å². The van der Waals surface area contributed by atoms with Crippen LogP contribution < -0.4 is 0 Å². The van der Waals surface area contributed by atoms with Gasteiger partial charge in [-0.15, -0.1) is 0 Å². The van der Waals surface area contributed by atoms with Crippen LogP contribution in [-0.2, 0) is 55.8 Å². The number of carbonyl (C=O) groups is 2. The molecule has 2 rings (SSSR count). The van der Waals surface area contributed by atoms with E-state index in [1.165, 1.54) is 14.2 Å². The molecular weight excluding hydrogens is 464 g/mol. The van der Waals surface area contributed by atoms with E-state index in [9.17, 15) is 9.59 Å². The summed E-state index contributed by atoms with van der Waals surface area (Å²) < 4.78 is 48.4. The van der Waals surface area contributed by atoms with Crippen LogP contribution in [0.25, 0.3) is 0 Å². The van der Waals surface area contributed by atoms with Crippen LogP contribution in [0, 0.1) is 0 Å². The lowest BCUT2D eigenvalue weighted by molar-refractivity contribution is -0.0221. The maximum absolute atomic E-state index is 12.5. The molecule has 0 saturated heterocycles. The first-order valence-electron chi connectivity index (χ1n) is 11.5. The van der Waals surface area contributed by atoms with Gasteiger partial charge in [0.1, 0.15) is 0 Å². The summed E-state index contributed by atoms with van der Waals surface area (Å²) in [5, 5.41) is 0. The molecule has 0 N–H and O–H groups in total. The van der Waals surface area contributed by atoms with Gasteiger partial charge in [0.25, 0.3) is 0 Å². The van der Waals surface area contributed by atoms with Gasteiger partial charge >= 0.3 is 11.9 Å². The molecule has 1 aliphatic heterocycles. The summed E-state index contributed by atoms with van der Waals surface area (Å²) in [4.78, 5) is 24.9. The highest BCUT2D eigenvalue weighted by Gasteiger charge is 2.24. The highest BCUT2D eigenvalue weighted by Crippen LogP contribution is 2.22. The lowest BCUT2D eigenvalue weighted by Crippen LogP contribution is -2.17. The van der Waals surface area contributed by atoms with Crippen LogP contribution in [0.5, 0.6) is 0 Å². The summed E-state index contributed by atoms with van der Waals surface area (Å²) >= 11 is 0. The van der Waals surface area contributed by atoms with Crippen LogP contribution in [0.1, 0.15) is 31.8 Å². The van der Waals surface area contributed by atoms with Crippen molar-refractivity contribution in [3.63, 3.8) is 0 Å². The molecule has 1 aromatic carbocycles. The fourth-order valence-electron chi connectivity index (χ4n) is 3.17. The first-order chi connectivity index (χ1) is 17.2. The van der Waals surface area contributed by atoms with E-state index in [0.717, 1.165) is 0 Å². The SMILES string of the molecule is COC(=O)c1cc2cc(c1C(=O)OC)COCCOCCOCCOCCOCCOCCOC2. The molecule has 0 unspecified atom stereocenters. The Kier molecular flexibility index (Phi) is 15.1. The molecule has 35 heavy (non-hydrogen) atoms. The number of ether oxygens (including phenoxy) is 9. The van der Waals surface area contributed by atoms with E-state index in [1.807, 2.05) is 0 Å². The normalized spacial score (nSPS) is 18.7. The number of hydrogen-bond acceptors (Lipinski definition) is 11. The Morgan fingerprint density at radius 3 is 1.40 bits per heavy atom. The molecule has 0 aromatic heterocycles. The van der Waals surface area contributed by atoms with E-state index < -0.39 is 11.9 Å². The Balaban J connectivity index is 2.06. The minimum Gasteiger partial charge on any atom is -0.465 e. The summed E-state index contributed by atoms with van der Waals surface area (Å²) in [5.41, 5.74) is 1.36. The highest BCUT2D eigenvalue weighted by atomic mass is 16.6. The predicted octanol–water partition coefficient (Wildman–Crippen LogP) is 1.39. The molecule has 1 aliphatic rings. The van der Waals surface area contributed by atoms with Gasteiger partial charge in [-0.25, -0.2) is 9.59 Å². The van der Waals surface area contributed by atoms with Crippen LogP contribution in [0.3, 0.4) is 0 Å². The first kappa shape index (κ1) is 29.1. The van der Waals surface area contributed by atoms with Crippen molar-refractivity contribution in [2.75, 3.05) is 93.5 Å². The molecule has 11 heteroatoms. The number of carbonyl (C=O) groups excluding carboxylic acids is 2. The number of rotatable bonds is 2. The van der Waals surface area contributed by atoms with E-state index in [1.54, 1.807) is 12.1 Å². The van der Waals surface area contributed by atoms with Gasteiger partial charge in [-0.1, -0.05) is 6.07 Å². The topological polar surface area (TPSA) is 117 Å². The second-order valence-electron chi connectivity index (χ2n) is 7.33. The van der Waals surface area contributed by atoms with E-state index in [-0.39, 0.29) is 30.9 Å². The molecule has 0 aliphatic carbocycles. The summed E-state index contributed by atoms with van der Waals surface area (Å²) in [7, 11) is 2.50. The number of esters is 2. The van der Waals surface area contributed by atoms with Crippen molar-refractivity contribution in [3.05, 3.63) is 34.4 Å². The Bertz CT molecular complexity index is 753. The molecule has 0 atom stereocenters. The van der Waals surface area contributed by atoms with Crippen molar-refractivity contribution >= 4 is 11.9 Å². The number of benzene rings is 1. The van der Waals surface area contributed by atoms with Crippen LogP contribution in [0.15, 0.2) is 12.1 Å². The van der Waals surface area contributed by atoms with Crippen molar-refractivity contribution in [2.24, 2.45) is 0 Å². The molecular formula is C24H36O11. The predicted molar refractivity (Wildman–Crippen MR) is 123 cm³/mol. The second-order valence-corrected chi connectivity index (χ2v) is 7.33. The van der Waals surface area contributed by atoms with Gasteiger partial charge in [-0.2, -0.15) is 0 Å². The van der Waals surface area contributed by atoms with Gasteiger partial charge in [0, 0.05) is 0 Å². The third-order valence-electron chi connectivity index (χ3n) is 4.83. The lowest BCUT2D eigenvalue weighted by atomic mass is 9.97. The van der Waals surface area contributed by atoms with Crippen LogP contribution in [-0.4, -0.2) is 105 Å². The fourth-order valence-corrected chi connectivity index (χ4v) is 3.17. The zero-order valence-corrected chi connectivity index (χ0v) is 20.5. The summed E-state index contributed by atoms with van der Waals surface area (Å²) in [6, 6.07) is 3.31. The van der Waals surface area contributed by atoms with E-state index in [0.29, 0.717) is 83.8 Å². The third kappa shape index (κ3) is 11.4. The molecule has 11 nitrogen and oxygen atoms in total. The van der Waals surface area contributed by atoms with Gasteiger partial charge in [0.05, 0.1) is 118 Å². The van der Waals surface area contributed by atoms with Gasteiger partial charge in [-0.05, 0) is 17.2 Å². The largest absolute Gasteiger partial charge is 0.465 e. The van der Waals surface area contributed by atoms with E-state index in [2.05, 4.69) is 0 Å². The molecule has 0 amide bonds. The molecule has 0 spiro atoms. The van der Waals surface area contributed by atoms with Gasteiger partial charge < -0.3 is 42.6 Å². The molecule has 0 fully saturated rings. The Morgan fingerprint density at radius 1 is 0.571 bits per heavy atom. The zero-order valence-electron chi connectivity index (χ0n) is 20.5. The van der Waals surface area contributed by atoms with Gasteiger partial charge in [0.15, 0.2) is 0 Å². The van der Waals surface area contributed by atoms with Crippen LogP contribution in [0.4, 0.5) is 0 Å². The monoisotopic (exact) mass is 500 g/mol. The standard InChI is InChI=1S/C24H36O11/c1-27-23(25)21-16-19-15-20(22(21)24(26)28-2)18-35-14-12-33-10-8-31-6-4-29-3-5-30-7-9-32-11-13-34-17-19/h15-16H,3-14,17-18H2,1-2H3. The summed E-state index contributed by atoms with van der Waals surface area (Å²) in [6.45, 7) is 5.32. The summed E-state index contributed by atoms with van der Waals surface area (Å²) in [5.74, 6) is -1.31. The second kappa shape index (κ2) is 18.2. The third-order valence-corrected chi connectivity index (χ3v) is 4.83. The molecule has 1 aromatic rings. The highest BCUT2D eigenvalue weighted by molar-refractivity contribution is 6.04. The van der Waals surface area contributed by atoms with E-state index in [4.69, 9.17) is 42.6 Å². The Morgan fingerprint density at radius 2 is 0.971 bits per heavy atom. The van der Waals surface area contributed by atoms with Crippen molar-refractivity contribution in [2.45, 2.75) is 13.2 Å². The van der Waals surface area contributed by atoms with Crippen molar-refractivity contribution < 1.29 is 52.2 Å². The Labute approximate surface area is 205 Å². The Hall–Kier alpha value is -2.12. The maximum Gasteiger partial charge on any atom is 0.339 e. The van der Waals surface area contributed by atoms with Crippen molar-refractivity contribution in [1.29, 1.82) is 0 Å². The van der Waals surface area contributed by atoms with Crippen molar-refractivity contribution in [1.82, 2.24) is 0 Å². The minimum atomic E-state index is -0.655. The van der Waals surface area contributed by atoms with Gasteiger partial charge in [-0.3, -0.25) is 0 Å². The minimum absolute atomic E-state index is 0.0720. The average Bonchev–Trinajstić information content (AvgIpc) is 2.87. The molecule has 0 radical (unpaired) electrons. The lowest BCUT2D eigenvalue weighted by Gasteiger charge is -2.15. The zero-order chi connectivity index (χ0) is 25.1.